The molecule has 3 rings (SSSR count). The second-order valence-corrected chi connectivity index (χ2v) is 4.04. The van der Waals surface area contributed by atoms with Gasteiger partial charge in [-0.15, -0.1) is 0 Å². The lowest BCUT2D eigenvalue weighted by Crippen LogP contribution is -2.33. The highest BCUT2D eigenvalue weighted by Gasteiger charge is 2.23. The molecule has 0 saturated carbocycles. The average Bonchev–Trinajstić information content (AvgIpc) is 2.56. The summed E-state index contributed by atoms with van der Waals surface area (Å²) in [7, 11) is 1.77. The van der Waals surface area contributed by atoms with Gasteiger partial charge in [-0.25, -0.2) is 15.0 Å². The van der Waals surface area contributed by atoms with Crippen LogP contribution in [0.2, 0.25) is 0 Å². The molecule has 0 aliphatic carbocycles. The number of H-pyrrole nitrogens is 1. The van der Waals surface area contributed by atoms with Gasteiger partial charge in [0.15, 0.2) is 11.3 Å². The Labute approximate surface area is 91.7 Å². The van der Waals surface area contributed by atoms with E-state index in [0.717, 1.165) is 17.2 Å². The lowest BCUT2D eigenvalue weighted by atomic mass is 10.1. The van der Waals surface area contributed by atoms with Gasteiger partial charge in [0, 0.05) is 7.05 Å². The summed E-state index contributed by atoms with van der Waals surface area (Å²) in [6, 6.07) is 0. The third-order valence-electron chi connectivity index (χ3n) is 2.74. The zero-order chi connectivity index (χ0) is 11.3. The Kier molecular flexibility index (Phi) is 1.74. The lowest BCUT2D eigenvalue weighted by molar-refractivity contribution is -0.130. The number of imidazole rings is 1. The fourth-order valence-corrected chi connectivity index (χ4v) is 1.87. The number of amides is 1. The molecule has 16 heavy (non-hydrogen) atoms. The Morgan fingerprint density at radius 3 is 2.88 bits per heavy atom. The van der Waals surface area contributed by atoms with Crippen molar-refractivity contribution >= 4 is 17.2 Å². The van der Waals surface area contributed by atoms with Crippen LogP contribution in [-0.4, -0.2) is 37.8 Å². The van der Waals surface area contributed by atoms with Crippen LogP contribution in [0, 0.1) is 6.92 Å². The molecule has 0 bridgehead atoms. The Bertz CT molecular complexity index is 588. The summed E-state index contributed by atoms with van der Waals surface area (Å²) in [5.74, 6) is 0.866. The molecule has 2 aromatic rings. The summed E-state index contributed by atoms with van der Waals surface area (Å²) in [4.78, 5) is 29.3. The highest BCUT2D eigenvalue weighted by Crippen LogP contribution is 2.17. The van der Waals surface area contributed by atoms with E-state index >= 15 is 0 Å². The number of nitrogens with one attached hydrogen (secondary N) is 1. The first-order valence-electron chi connectivity index (χ1n) is 5.09. The monoisotopic (exact) mass is 217 g/mol. The van der Waals surface area contributed by atoms with Gasteiger partial charge in [-0.1, -0.05) is 0 Å². The van der Waals surface area contributed by atoms with E-state index in [0.29, 0.717) is 24.3 Å². The summed E-state index contributed by atoms with van der Waals surface area (Å²) >= 11 is 0. The summed E-state index contributed by atoms with van der Waals surface area (Å²) in [5, 5.41) is 0. The molecule has 1 amide bonds. The Morgan fingerprint density at radius 1 is 1.25 bits per heavy atom. The fourth-order valence-electron chi connectivity index (χ4n) is 1.87. The van der Waals surface area contributed by atoms with Gasteiger partial charge in [-0.05, 0) is 6.92 Å². The Balaban J connectivity index is 2.19. The molecule has 0 aromatic carbocycles. The van der Waals surface area contributed by atoms with Crippen LogP contribution in [0.15, 0.2) is 0 Å². The molecular weight excluding hydrogens is 206 g/mol. The van der Waals surface area contributed by atoms with Crippen molar-refractivity contribution in [3.63, 3.8) is 0 Å². The quantitative estimate of drug-likeness (QED) is 0.682. The van der Waals surface area contributed by atoms with Gasteiger partial charge in [-0.3, -0.25) is 4.79 Å². The third kappa shape index (κ3) is 1.26. The molecule has 0 unspecified atom stereocenters. The maximum atomic E-state index is 11.5. The van der Waals surface area contributed by atoms with Crippen LogP contribution in [0.25, 0.3) is 11.3 Å². The van der Waals surface area contributed by atoms with Crippen LogP contribution in [0.1, 0.15) is 17.2 Å². The zero-order valence-corrected chi connectivity index (χ0v) is 9.11. The van der Waals surface area contributed by atoms with Gasteiger partial charge in [-0.2, -0.15) is 0 Å². The van der Waals surface area contributed by atoms with Crippen molar-refractivity contribution in [2.75, 3.05) is 7.05 Å². The van der Waals surface area contributed by atoms with E-state index in [1.807, 2.05) is 6.92 Å². The predicted molar refractivity (Wildman–Crippen MR) is 56.6 cm³/mol. The first kappa shape index (κ1) is 9.26. The standard InChI is InChI=1S/C10H11N5O/c1-5-11-9-10(12-5)14-7-4-15(2)8(16)3-6(7)13-9/h3-4H2,1-2H3,(H,11,12,13,14). The SMILES string of the molecule is Cc1nc2nc3c(nc2[nH]1)CN(C)C(=O)C3. The molecule has 0 atom stereocenters. The Hall–Kier alpha value is -1.98. The largest absolute Gasteiger partial charge is 0.339 e. The van der Waals surface area contributed by atoms with E-state index in [2.05, 4.69) is 19.9 Å². The third-order valence-corrected chi connectivity index (χ3v) is 2.74. The summed E-state index contributed by atoms with van der Waals surface area (Å²) in [6.07, 6.45) is 0.320. The molecule has 6 heteroatoms. The molecule has 1 N–H and O–H groups in total. The second-order valence-electron chi connectivity index (χ2n) is 4.04. The lowest BCUT2D eigenvalue weighted by Gasteiger charge is -2.22. The smallest absolute Gasteiger partial charge is 0.228 e. The van der Waals surface area contributed by atoms with E-state index in [4.69, 9.17) is 0 Å². The second kappa shape index (κ2) is 3.01. The van der Waals surface area contributed by atoms with Crippen LogP contribution >= 0.6 is 0 Å². The number of rotatable bonds is 0. The number of aryl methyl sites for hydroxylation is 1. The zero-order valence-electron chi connectivity index (χ0n) is 9.11. The van der Waals surface area contributed by atoms with Gasteiger partial charge in [0.1, 0.15) is 5.82 Å². The summed E-state index contributed by atoms with van der Waals surface area (Å²) in [5.41, 5.74) is 2.90. The van der Waals surface area contributed by atoms with Gasteiger partial charge in [0.2, 0.25) is 5.91 Å². The molecule has 1 aliphatic rings. The van der Waals surface area contributed by atoms with E-state index in [-0.39, 0.29) is 5.91 Å². The minimum Gasteiger partial charge on any atom is -0.339 e. The van der Waals surface area contributed by atoms with Gasteiger partial charge in [0.05, 0.1) is 24.4 Å². The normalized spacial score (nSPS) is 15.6. The molecule has 6 nitrogen and oxygen atoms in total. The van der Waals surface area contributed by atoms with E-state index < -0.39 is 0 Å². The predicted octanol–water partition coefficient (Wildman–Crippen LogP) is 0.176. The summed E-state index contributed by atoms with van der Waals surface area (Å²) in [6.45, 7) is 2.38. The molecular formula is C10H11N5O. The number of carbonyl (C=O) groups is 1. The molecule has 0 saturated heterocycles. The van der Waals surface area contributed by atoms with Crippen molar-refractivity contribution in [2.24, 2.45) is 0 Å². The molecule has 3 heterocycles. The molecule has 0 fully saturated rings. The van der Waals surface area contributed by atoms with Crippen molar-refractivity contribution in [1.82, 2.24) is 24.8 Å². The van der Waals surface area contributed by atoms with Crippen LogP contribution in [0.4, 0.5) is 0 Å². The minimum absolute atomic E-state index is 0.0772. The molecule has 2 aromatic heterocycles. The number of hydrogen-bond donors (Lipinski definition) is 1. The number of fused-ring (bicyclic) bond motifs is 2. The van der Waals surface area contributed by atoms with Crippen molar-refractivity contribution in [1.29, 1.82) is 0 Å². The van der Waals surface area contributed by atoms with E-state index in [1.165, 1.54) is 0 Å². The number of nitrogens with zero attached hydrogens (tertiary/aromatic N) is 4. The van der Waals surface area contributed by atoms with Crippen molar-refractivity contribution in [3.05, 3.63) is 17.2 Å². The van der Waals surface area contributed by atoms with Crippen LogP contribution < -0.4 is 0 Å². The highest BCUT2D eigenvalue weighted by atomic mass is 16.2. The van der Waals surface area contributed by atoms with Crippen molar-refractivity contribution in [2.45, 2.75) is 19.9 Å². The number of aromatic nitrogens is 4. The summed E-state index contributed by atoms with van der Waals surface area (Å²) < 4.78 is 0. The maximum absolute atomic E-state index is 11.5. The topological polar surface area (TPSA) is 74.8 Å². The molecule has 1 aliphatic heterocycles. The van der Waals surface area contributed by atoms with Gasteiger partial charge >= 0.3 is 0 Å². The van der Waals surface area contributed by atoms with Crippen LogP contribution in [0.5, 0.6) is 0 Å². The highest BCUT2D eigenvalue weighted by molar-refractivity contribution is 5.80. The maximum Gasteiger partial charge on any atom is 0.228 e. The number of likely N-dealkylation sites (N-methyl/N-ethyl adjacent to an activating group) is 1. The van der Waals surface area contributed by atoms with E-state index in [1.54, 1.807) is 11.9 Å². The van der Waals surface area contributed by atoms with Gasteiger partial charge < -0.3 is 9.88 Å². The molecule has 0 spiro atoms. The first-order valence-corrected chi connectivity index (χ1v) is 5.09. The number of hydrogen-bond acceptors (Lipinski definition) is 4. The van der Waals surface area contributed by atoms with Crippen molar-refractivity contribution in [3.8, 4) is 0 Å². The average molecular weight is 217 g/mol. The van der Waals surface area contributed by atoms with Crippen LogP contribution in [-0.2, 0) is 17.8 Å². The van der Waals surface area contributed by atoms with Crippen molar-refractivity contribution < 1.29 is 4.79 Å². The number of carbonyl (C=O) groups excluding carboxylic acids is 1. The van der Waals surface area contributed by atoms with E-state index in [9.17, 15) is 4.79 Å². The molecule has 0 radical (unpaired) electrons. The van der Waals surface area contributed by atoms with Gasteiger partial charge in [0.25, 0.3) is 0 Å². The first-order chi connectivity index (χ1) is 7.63. The van der Waals surface area contributed by atoms with Crippen LogP contribution in [0.3, 0.4) is 0 Å². The fraction of sp³-hybridized carbons (Fsp3) is 0.400. The minimum atomic E-state index is 0.0772. The molecule has 82 valence electrons. The number of aromatic amines is 1. The Morgan fingerprint density at radius 2 is 2.06 bits per heavy atom.